The van der Waals surface area contributed by atoms with Crippen LogP contribution in [-0.4, -0.2) is 43.5 Å². The predicted octanol–water partition coefficient (Wildman–Crippen LogP) is 4.50. The highest BCUT2D eigenvalue weighted by Crippen LogP contribution is 2.13. The molecular weight excluding hydrogens is 394 g/mol. The van der Waals surface area contributed by atoms with Crippen molar-refractivity contribution in [2.75, 3.05) is 19.5 Å². The fraction of sp³-hybridized carbons (Fsp3) is 0.348. The molecule has 0 saturated carbocycles. The second-order valence-corrected chi connectivity index (χ2v) is 7.16. The Morgan fingerprint density at radius 2 is 2.27 bits per heavy atom. The Morgan fingerprint density at radius 3 is 3.00 bits per heavy atom. The molecule has 1 rings (SSSR count). The van der Waals surface area contributed by atoms with Crippen molar-refractivity contribution in [3.8, 4) is 5.88 Å². The zero-order valence-electron chi connectivity index (χ0n) is 18.2. The summed E-state index contributed by atoms with van der Waals surface area (Å²) in [5.74, 6) is 0.601. The van der Waals surface area contributed by atoms with Crippen LogP contribution in [-0.2, 0) is 6.54 Å². The minimum Gasteiger partial charge on any atom is -0.470 e. The molecule has 1 aromatic heterocycles. The van der Waals surface area contributed by atoms with Gasteiger partial charge in [-0.2, -0.15) is 0 Å². The zero-order chi connectivity index (χ0) is 22.0. The molecule has 1 unspecified atom stereocenters. The van der Waals surface area contributed by atoms with Crippen molar-refractivity contribution in [3.63, 3.8) is 0 Å². The minimum atomic E-state index is -0.0970. The molecule has 0 bridgehead atoms. The number of nitrogens with one attached hydrogen (secondary N) is 2. The summed E-state index contributed by atoms with van der Waals surface area (Å²) in [6, 6.07) is 3.90. The summed E-state index contributed by atoms with van der Waals surface area (Å²) in [6.07, 6.45) is 16.0. The van der Waals surface area contributed by atoms with E-state index in [2.05, 4.69) is 44.4 Å². The third kappa shape index (κ3) is 12.2. The summed E-state index contributed by atoms with van der Waals surface area (Å²) >= 11 is 1.62. The second-order valence-electron chi connectivity index (χ2n) is 6.46. The van der Waals surface area contributed by atoms with E-state index in [1.54, 1.807) is 36.6 Å². The maximum absolute atomic E-state index is 5.94. The van der Waals surface area contributed by atoms with Gasteiger partial charge in [0, 0.05) is 37.8 Å². The van der Waals surface area contributed by atoms with Gasteiger partial charge in [0.05, 0.1) is 6.67 Å². The molecule has 1 heterocycles. The first-order valence-corrected chi connectivity index (χ1v) is 11.0. The predicted molar refractivity (Wildman–Crippen MR) is 131 cm³/mol. The molecule has 0 spiro atoms. The van der Waals surface area contributed by atoms with E-state index in [1.165, 1.54) is 5.57 Å². The molecule has 0 aliphatic carbocycles. The molecule has 162 valence electrons. The summed E-state index contributed by atoms with van der Waals surface area (Å²) in [7, 11) is 0. The van der Waals surface area contributed by atoms with Gasteiger partial charge in [-0.25, -0.2) is 4.98 Å². The van der Waals surface area contributed by atoms with Crippen molar-refractivity contribution in [2.45, 2.75) is 32.9 Å². The molecule has 1 aromatic rings. The minimum absolute atomic E-state index is 0.0970. The monoisotopic (exact) mass is 427 g/mol. The average Bonchev–Trinajstić information content (AvgIpc) is 2.72. The largest absolute Gasteiger partial charge is 0.470 e. The van der Waals surface area contributed by atoms with Gasteiger partial charge in [0.25, 0.3) is 0 Å². The summed E-state index contributed by atoms with van der Waals surface area (Å²) < 4.78 is 9.19. The van der Waals surface area contributed by atoms with Crippen LogP contribution in [0.3, 0.4) is 0 Å². The number of aromatic nitrogens is 1. The van der Waals surface area contributed by atoms with Gasteiger partial charge in [-0.1, -0.05) is 36.8 Å². The molecule has 2 N–H and O–H groups in total. The molecule has 0 saturated heterocycles. The van der Waals surface area contributed by atoms with Crippen molar-refractivity contribution < 1.29 is 4.74 Å². The van der Waals surface area contributed by atoms with E-state index in [1.807, 2.05) is 44.4 Å². The molecule has 6 nitrogen and oxygen atoms in total. The lowest BCUT2D eigenvalue weighted by Gasteiger charge is -2.11. The van der Waals surface area contributed by atoms with Gasteiger partial charge >= 0.3 is 0 Å². The van der Waals surface area contributed by atoms with Crippen molar-refractivity contribution >= 4 is 24.9 Å². The first-order chi connectivity index (χ1) is 14.6. The molecule has 7 heteroatoms. The second kappa shape index (κ2) is 16.3. The van der Waals surface area contributed by atoms with Gasteiger partial charge in [-0.3, -0.25) is 20.0 Å². The summed E-state index contributed by atoms with van der Waals surface area (Å²) in [4.78, 5) is 12.3. The number of rotatable bonds is 15. The Kier molecular flexibility index (Phi) is 13.9. The van der Waals surface area contributed by atoms with E-state index in [0.29, 0.717) is 19.1 Å². The van der Waals surface area contributed by atoms with Gasteiger partial charge in [-0.15, -0.1) is 0 Å². The first kappa shape index (κ1) is 25.6. The van der Waals surface area contributed by atoms with Crippen LogP contribution in [0.5, 0.6) is 5.88 Å². The van der Waals surface area contributed by atoms with Gasteiger partial charge in [-0.05, 0) is 62.1 Å². The smallest absolute Gasteiger partial charge is 0.214 e. The van der Waals surface area contributed by atoms with E-state index >= 15 is 0 Å². The average molecular weight is 428 g/mol. The fourth-order valence-corrected chi connectivity index (χ4v) is 2.72. The molecule has 0 aliphatic rings. The highest BCUT2D eigenvalue weighted by atomic mass is 32.2. The Balaban J connectivity index is 2.53. The number of ether oxygens (including phenoxy) is 1. The van der Waals surface area contributed by atoms with E-state index < -0.39 is 0 Å². The number of allylic oxidation sites excluding steroid dienone is 4. The van der Waals surface area contributed by atoms with E-state index in [9.17, 15) is 0 Å². The number of nitrogens with zero attached hydrogens (tertiary/aromatic N) is 3. The fourth-order valence-electron chi connectivity index (χ4n) is 2.42. The lowest BCUT2D eigenvalue weighted by molar-refractivity contribution is 0.258. The van der Waals surface area contributed by atoms with Crippen LogP contribution in [0.25, 0.3) is 0 Å². The van der Waals surface area contributed by atoms with Gasteiger partial charge in [0.2, 0.25) is 5.88 Å². The van der Waals surface area contributed by atoms with Gasteiger partial charge in [0.1, 0.15) is 6.10 Å². The number of aliphatic imine (C=N–C) groups is 2. The number of pyridine rings is 1. The SMILES string of the molecule is C=C/C=C(\C=C/C(C)Oc1cc(CNCN=C/C(C)=C\N=C)ccn1)CCNSC. The Hall–Kier alpha value is -2.48. The topological polar surface area (TPSA) is 70.9 Å². The number of hydrogen-bond acceptors (Lipinski definition) is 7. The van der Waals surface area contributed by atoms with Gasteiger partial charge < -0.3 is 4.74 Å². The van der Waals surface area contributed by atoms with E-state index in [0.717, 1.165) is 24.1 Å². The molecule has 30 heavy (non-hydrogen) atoms. The molecular formula is C23H33N5OS. The molecule has 0 aliphatic heterocycles. The van der Waals surface area contributed by atoms with Crippen molar-refractivity contribution in [1.29, 1.82) is 0 Å². The highest BCUT2D eigenvalue weighted by molar-refractivity contribution is 7.96. The van der Waals surface area contributed by atoms with Gasteiger partial charge in [0.15, 0.2) is 0 Å². The quantitative estimate of drug-likeness (QED) is 0.187. The van der Waals surface area contributed by atoms with Crippen molar-refractivity contribution in [2.24, 2.45) is 9.98 Å². The van der Waals surface area contributed by atoms with Crippen molar-refractivity contribution in [1.82, 2.24) is 15.0 Å². The third-order valence-electron chi connectivity index (χ3n) is 3.80. The molecule has 0 radical (unpaired) electrons. The standard InChI is InChI=1S/C23H33N5OS/c1-6-7-21(11-13-28-30-5)9-8-20(3)29-23-14-22(10-12-27-23)17-26-18-25-16-19(2)15-24-4/h6-10,12,14-16,20,26,28H,1,4,11,13,17-18H2,2-3,5H3/b9-8-,19-15-,21-7+,25-16?. The van der Waals surface area contributed by atoms with Crippen LogP contribution in [0.4, 0.5) is 0 Å². The third-order valence-corrected chi connectivity index (χ3v) is 4.29. The Bertz CT molecular complexity index is 771. The Morgan fingerprint density at radius 1 is 1.43 bits per heavy atom. The summed E-state index contributed by atoms with van der Waals surface area (Å²) in [6.45, 7) is 13.2. The summed E-state index contributed by atoms with van der Waals surface area (Å²) in [5, 5.41) is 3.26. The van der Waals surface area contributed by atoms with Crippen LogP contribution >= 0.6 is 11.9 Å². The highest BCUT2D eigenvalue weighted by Gasteiger charge is 2.03. The molecule has 0 amide bonds. The molecule has 0 fully saturated rings. The van der Waals surface area contributed by atoms with E-state index in [4.69, 9.17) is 4.74 Å². The van der Waals surface area contributed by atoms with Crippen LogP contribution < -0.4 is 14.8 Å². The summed E-state index contributed by atoms with van der Waals surface area (Å²) in [5.41, 5.74) is 3.24. The lowest BCUT2D eigenvalue weighted by atomic mass is 10.1. The maximum Gasteiger partial charge on any atom is 0.214 e. The maximum atomic E-state index is 5.94. The normalized spacial score (nSPS) is 13.7. The van der Waals surface area contributed by atoms with Crippen LogP contribution in [0.15, 0.2) is 76.5 Å². The molecule has 1 atom stereocenters. The van der Waals surface area contributed by atoms with E-state index in [-0.39, 0.29) is 6.10 Å². The van der Waals surface area contributed by atoms with Crippen LogP contribution in [0, 0.1) is 0 Å². The zero-order valence-corrected chi connectivity index (χ0v) is 19.0. The molecule has 0 aromatic carbocycles. The number of hydrogen-bond donors (Lipinski definition) is 2. The van der Waals surface area contributed by atoms with Crippen molar-refractivity contribution in [3.05, 3.63) is 72.1 Å². The first-order valence-electron chi connectivity index (χ1n) is 9.79. The van der Waals surface area contributed by atoms with Crippen LogP contribution in [0.2, 0.25) is 0 Å². The lowest BCUT2D eigenvalue weighted by Crippen LogP contribution is -2.14. The van der Waals surface area contributed by atoms with Crippen LogP contribution in [0.1, 0.15) is 25.8 Å². The Labute approximate surface area is 185 Å².